The second kappa shape index (κ2) is 7.96. The first-order valence-electron chi connectivity index (χ1n) is 9.17. The highest BCUT2D eigenvalue weighted by atomic mass is 32.2. The summed E-state index contributed by atoms with van der Waals surface area (Å²) < 4.78 is 31.2. The number of rotatable bonds is 6. The maximum atomic E-state index is 11.7. The number of sulfonamides is 1. The predicted octanol–water partition coefficient (Wildman–Crippen LogP) is 2.97. The molecule has 0 saturated carbocycles. The molecule has 4 rings (SSSR count). The van der Waals surface area contributed by atoms with Crippen LogP contribution in [0.1, 0.15) is 23.5 Å². The van der Waals surface area contributed by atoms with Crippen molar-refractivity contribution in [3.63, 3.8) is 0 Å². The summed E-state index contributed by atoms with van der Waals surface area (Å²) in [6, 6.07) is 14.6. The lowest BCUT2D eigenvalue weighted by Gasteiger charge is -2.27. The zero-order chi connectivity index (χ0) is 21.3. The molecule has 0 amide bonds. The molecule has 3 aromatic rings. The van der Waals surface area contributed by atoms with Crippen molar-refractivity contribution in [1.82, 2.24) is 15.3 Å². The number of pyridine rings is 1. The van der Waals surface area contributed by atoms with Gasteiger partial charge in [0.1, 0.15) is 11.8 Å². The molecule has 0 spiro atoms. The fraction of sp³-hybridized carbons (Fsp3) is 0.200. The highest BCUT2D eigenvalue weighted by Gasteiger charge is 2.41. The summed E-state index contributed by atoms with van der Waals surface area (Å²) in [6.07, 6.45) is 4.71. The molecule has 8 nitrogen and oxygen atoms in total. The minimum atomic E-state index is -3.44. The van der Waals surface area contributed by atoms with E-state index in [9.17, 15) is 8.42 Å². The van der Waals surface area contributed by atoms with Gasteiger partial charge in [0.05, 0.1) is 30.8 Å². The first-order valence-corrected chi connectivity index (χ1v) is 11.5. The highest BCUT2D eigenvalue weighted by Crippen LogP contribution is 2.42. The number of aromatic amines is 1. The first-order chi connectivity index (χ1) is 14.4. The number of hydrogen-bond donors (Lipinski definition) is 3. The summed E-state index contributed by atoms with van der Waals surface area (Å²) in [6.45, 7) is 0. The number of methoxy groups -OCH3 is 1. The predicted molar refractivity (Wildman–Crippen MR) is 120 cm³/mol. The third-order valence-electron chi connectivity index (χ3n) is 4.80. The average Bonchev–Trinajstić information content (AvgIpc) is 3.35. The topological polar surface area (TPSA) is 99.3 Å². The Morgan fingerprint density at radius 1 is 1.20 bits per heavy atom. The van der Waals surface area contributed by atoms with Gasteiger partial charge in [-0.3, -0.25) is 9.71 Å². The van der Waals surface area contributed by atoms with Gasteiger partial charge in [0.25, 0.3) is 0 Å². The van der Waals surface area contributed by atoms with E-state index < -0.39 is 10.0 Å². The molecule has 1 saturated heterocycles. The minimum Gasteiger partial charge on any atom is -0.494 e. The van der Waals surface area contributed by atoms with Gasteiger partial charge >= 0.3 is 0 Å². The van der Waals surface area contributed by atoms with Crippen LogP contribution in [0, 0.1) is 0 Å². The largest absolute Gasteiger partial charge is 0.494 e. The third-order valence-corrected chi connectivity index (χ3v) is 5.70. The number of nitrogens with one attached hydrogen (secondary N) is 3. The van der Waals surface area contributed by atoms with Crippen molar-refractivity contribution >= 4 is 38.7 Å². The molecule has 30 heavy (non-hydrogen) atoms. The van der Waals surface area contributed by atoms with Crippen molar-refractivity contribution in [3.05, 3.63) is 72.3 Å². The van der Waals surface area contributed by atoms with Crippen LogP contribution in [0.3, 0.4) is 0 Å². The molecule has 0 bridgehead atoms. The molecule has 0 aliphatic carbocycles. The summed E-state index contributed by atoms with van der Waals surface area (Å²) in [4.78, 5) is 9.77. The van der Waals surface area contributed by atoms with Crippen LogP contribution >= 0.6 is 12.2 Å². The molecule has 10 heteroatoms. The van der Waals surface area contributed by atoms with Gasteiger partial charge in [-0.15, -0.1) is 0 Å². The monoisotopic (exact) mass is 443 g/mol. The van der Waals surface area contributed by atoms with Gasteiger partial charge in [0, 0.05) is 29.8 Å². The fourth-order valence-corrected chi connectivity index (χ4v) is 4.51. The van der Waals surface area contributed by atoms with Crippen LogP contribution in [0.15, 0.2) is 60.9 Å². The van der Waals surface area contributed by atoms with Crippen LogP contribution in [0.4, 0.5) is 11.4 Å². The van der Waals surface area contributed by atoms with E-state index in [1.165, 1.54) is 7.11 Å². The Morgan fingerprint density at radius 2 is 2.03 bits per heavy atom. The lowest BCUT2D eigenvalue weighted by atomic mass is 10.0. The SMILES string of the molecule is COc1cc(N2C(=S)N[C@H](c3ccccn3)[C@@H]2c2ccc[nH]2)ccc1NS(C)(=O)=O. The lowest BCUT2D eigenvalue weighted by Crippen LogP contribution is -2.29. The van der Waals surface area contributed by atoms with E-state index in [2.05, 4.69) is 20.0 Å². The first kappa shape index (κ1) is 20.2. The Hall–Kier alpha value is -3.11. The summed E-state index contributed by atoms with van der Waals surface area (Å²) in [5.74, 6) is 0.396. The molecule has 2 atom stereocenters. The van der Waals surface area contributed by atoms with Crippen LogP contribution in [0.2, 0.25) is 0 Å². The Kier molecular flexibility index (Phi) is 5.35. The van der Waals surface area contributed by atoms with E-state index in [-0.39, 0.29) is 12.1 Å². The smallest absolute Gasteiger partial charge is 0.229 e. The molecular formula is C20H21N5O3S2. The van der Waals surface area contributed by atoms with Crippen molar-refractivity contribution in [1.29, 1.82) is 0 Å². The maximum absolute atomic E-state index is 11.7. The number of benzene rings is 1. The quantitative estimate of drug-likeness (QED) is 0.504. The Morgan fingerprint density at radius 3 is 2.67 bits per heavy atom. The van der Waals surface area contributed by atoms with Crippen molar-refractivity contribution in [3.8, 4) is 5.75 Å². The van der Waals surface area contributed by atoms with Gasteiger partial charge in [-0.1, -0.05) is 6.07 Å². The fourth-order valence-electron chi connectivity index (χ4n) is 3.59. The molecule has 1 aromatic carbocycles. The highest BCUT2D eigenvalue weighted by molar-refractivity contribution is 7.92. The molecule has 0 unspecified atom stereocenters. The zero-order valence-electron chi connectivity index (χ0n) is 16.4. The summed E-state index contributed by atoms with van der Waals surface area (Å²) in [5.41, 5.74) is 2.96. The Balaban J connectivity index is 1.78. The summed E-state index contributed by atoms with van der Waals surface area (Å²) in [5, 5.41) is 3.91. The standard InChI is InChI=1S/C20H21N5O3S2/c1-28-17-12-13(8-9-14(17)24-30(2,26)27)25-19(16-7-5-11-22-16)18(23-20(25)29)15-6-3-4-10-21-15/h3-12,18-19,22,24H,1-2H3,(H,23,29)/t18-,19+/m1/s1. The second-order valence-electron chi connectivity index (χ2n) is 6.88. The minimum absolute atomic E-state index is 0.169. The number of nitrogens with zero attached hydrogens (tertiary/aromatic N) is 2. The Labute approximate surface area is 180 Å². The molecule has 3 N–H and O–H groups in total. The molecule has 156 valence electrons. The number of ether oxygens (including phenoxy) is 1. The molecule has 3 heterocycles. The van der Waals surface area contributed by atoms with Crippen molar-refractivity contribution < 1.29 is 13.2 Å². The van der Waals surface area contributed by atoms with Gasteiger partial charge in [-0.05, 0) is 48.6 Å². The van der Waals surface area contributed by atoms with Gasteiger partial charge in [0.2, 0.25) is 10.0 Å². The number of aromatic nitrogens is 2. The molecule has 1 aliphatic rings. The van der Waals surface area contributed by atoms with Crippen molar-refractivity contribution in [2.24, 2.45) is 0 Å². The van der Waals surface area contributed by atoms with Crippen LogP contribution in [-0.2, 0) is 10.0 Å². The third kappa shape index (κ3) is 3.96. The number of thiocarbonyl (C=S) groups is 1. The molecule has 1 aliphatic heterocycles. The molecule has 0 radical (unpaired) electrons. The van der Waals surface area contributed by atoms with Crippen LogP contribution in [0.5, 0.6) is 5.75 Å². The molecule has 1 fully saturated rings. The average molecular weight is 444 g/mol. The molecular weight excluding hydrogens is 422 g/mol. The number of H-pyrrole nitrogens is 1. The van der Waals surface area contributed by atoms with Gasteiger partial charge < -0.3 is 19.9 Å². The van der Waals surface area contributed by atoms with Crippen LogP contribution in [-0.4, -0.2) is 36.9 Å². The number of anilines is 2. The van der Waals surface area contributed by atoms with E-state index in [4.69, 9.17) is 17.0 Å². The maximum Gasteiger partial charge on any atom is 0.229 e. The summed E-state index contributed by atoms with van der Waals surface area (Å²) in [7, 11) is -1.95. The van der Waals surface area contributed by atoms with Crippen LogP contribution in [0.25, 0.3) is 0 Å². The van der Waals surface area contributed by atoms with E-state index in [0.29, 0.717) is 16.5 Å². The van der Waals surface area contributed by atoms with Gasteiger partial charge in [-0.25, -0.2) is 8.42 Å². The van der Waals surface area contributed by atoms with Gasteiger partial charge in [-0.2, -0.15) is 0 Å². The second-order valence-corrected chi connectivity index (χ2v) is 9.02. The molecule has 2 aromatic heterocycles. The van der Waals surface area contributed by atoms with Crippen LogP contribution < -0.4 is 19.7 Å². The normalized spacial score (nSPS) is 18.9. The van der Waals surface area contributed by atoms with Gasteiger partial charge in [0.15, 0.2) is 5.11 Å². The lowest BCUT2D eigenvalue weighted by molar-refractivity contribution is 0.417. The van der Waals surface area contributed by atoms with E-state index in [1.807, 2.05) is 41.4 Å². The van der Waals surface area contributed by atoms with E-state index >= 15 is 0 Å². The Bertz CT molecular complexity index is 1150. The summed E-state index contributed by atoms with van der Waals surface area (Å²) >= 11 is 5.67. The number of hydrogen-bond acceptors (Lipinski definition) is 5. The van der Waals surface area contributed by atoms with E-state index in [0.717, 1.165) is 23.3 Å². The van der Waals surface area contributed by atoms with E-state index in [1.54, 1.807) is 24.4 Å². The zero-order valence-corrected chi connectivity index (χ0v) is 18.0. The van der Waals surface area contributed by atoms with Crippen molar-refractivity contribution in [2.75, 3.05) is 23.0 Å². The van der Waals surface area contributed by atoms with Crippen molar-refractivity contribution in [2.45, 2.75) is 12.1 Å².